The molecule has 2 aromatic rings. The van der Waals surface area contributed by atoms with Gasteiger partial charge in [0.05, 0.1) is 38.6 Å². The van der Waals surface area contributed by atoms with Crippen molar-refractivity contribution in [1.82, 2.24) is 5.43 Å². The highest BCUT2D eigenvalue weighted by atomic mass is 35.5. The van der Waals surface area contributed by atoms with Crippen LogP contribution in [0.1, 0.15) is 18.1 Å². The van der Waals surface area contributed by atoms with Crippen molar-refractivity contribution in [2.24, 2.45) is 5.10 Å². The predicted molar refractivity (Wildman–Crippen MR) is 96.6 cm³/mol. The van der Waals surface area contributed by atoms with Crippen molar-refractivity contribution in [3.63, 3.8) is 0 Å². The number of halogens is 1. The fraction of sp³-hybridized carbons (Fsp3) is 0.278. The monoisotopic (exact) mass is 348 g/mol. The van der Waals surface area contributed by atoms with Gasteiger partial charge in [0.1, 0.15) is 5.75 Å². The molecule has 0 saturated heterocycles. The molecule has 0 saturated carbocycles. The maximum Gasteiger partial charge on any atom is 0.179 e. The van der Waals surface area contributed by atoms with Crippen LogP contribution in [0.15, 0.2) is 41.5 Å². The predicted octanol–water partition coefficient (Wildman–Crippen LogP) is 3.88. The van der Waals surface area contributed by atoms with Crippen LogP contribution in [0.25, 0.3) is 0 Å². The average Bonchev–Trinajstić information content (AvgIpc) is 2.61. The summed E-state index contributed by atoms with van der Waals surface area (Å²) >= 11 is 6.24. The van der Waals surface area contributed by atoms with E-state index in [9.17, 15) is 0 Å². The van der Waals surface area contributed by atoms with Gasteiger partial charge in [0.25, 0.3) is 0 Å². The molecule has 0 spiro atoms. The quantitative estimate of drug-likeness (QED) is 0.581. The van der Waals surface area contributed by atoms with E-state index in [0.29, 0.717) is 29.7 Å². The molecule has 6 heteroatoms. The van der Waals surface area contributed by atoms with Gasteiger partial charge in [-0.2, -0.15) is 5.10 Å². The molecule has 1 N–H and O–H groups in total. The summed E-state index contributed by atoms with van der Waals surface area (Å²) in [5, 5.41) is 4.71. The van der Waals surface area contributed by atoms with Crippen LogP contribution in [-0.2, 0) is 6.54 Å². The van der Waals surface area contributed by atoms with Gasteiger partial charge in [0, 0.05) is 5.56 Å². The average molecular weight is 349 g/mol. The van der Waals surface area contributed by atoms with E-state index in [2.05, 4.69) is 10.5 Å². The summed E-state index contributed by atoms with van der Waals surface area (Å²) in [5.41, 5.74) is 4.84. The van der Waals surface area contributed by atoms with Gasteiger partial charge in [-0.25, -0.2) is 0 Å². The molecule has 128 valence electrons. The Kier molecular flexibility index (Phi) is 6.75. The van der Waals surface area contributed by atoms with Crippen LogP contribution in [0.3, 0.4) is 0 Å². The molecule has 0 heterocycles. The van der Waals surface area contributed by atoms with Gasteiger partial charge in [-0.05, 0) is 30.7 Å². The number of benzene rings is 2. The van der Waals surface area contributed by atoms with Crippen LogP contribution in [0, 0.1) is 0 Å². The lowest BCUT2D eigenvalue weighted by atomic mass is 10.2. The van der Waals surface area contributed by atoms with E-state index in [1.54, 1.807) is 26.5 Å². The summed E-state index contributed by atoms with van der Waals surface area (Å²) < 4.78 is 16.1. The number of nitrogens with zero attached hydrogens (tertiary/aromatic N) is 1. The highest BCUT2D eigenvalue weighted by molar-refractivity contribution is 6.32. The van der Waals surface area contributed by atoms with E-state index in [0.717, 1.165) is 16.9 Å². The lowest BCUT2D eigenvalue weighted by Crippen LogP contribution is -2.07. The van der Waals surface area contributed by atoms with Gasteiger partial charge in [0.2, 0.25) is 0 Å². The molecule has 2 rings (SSSR count). The number of para-hydroxylation sites is 1. The molecular weight excluding hydrogens is 328 g/mol. The number of rotatable bonds is 8. The Morgan fingerprint density at radius 1 is 1.12 bits per heavy atom. The van der Waals surface area contributed by atoms with Crippen molar-refractivity contribution in [3.05, 3.63) is 52.5 Å². The molecular formula is C18H21ClN2O3. The topological polar surface area (TPSA) is 52.1 Å². The van der Waals surface area contributed by atoms with Gasteiger partial charge in [0.15, 0.2) is 11.5 Å². The van der Waals surface area contributed by atoms with E-state index < -0.39 is 0 Å². The van der Waals surface area contributed by atoms with Crippen molar-refractivity contribution < 1.29 is 14.2 Å². The standard InChI is InChI=1S/C18H21ClN2O3/c1-4-24-18-15(19)9-13(10-17(18)23-3)11-20-21-12-14-7-5-6-8-16(14)22-2/h5-11,21H,4,12H2,1-3H3/b20-11+. The van der Waals surface area contributed by atoms with Gasteiger partial charge >= 0.3 is 0 Å². The molecule has 0 aliphatic heterocycles. The van der Waals surface area contributed by atoms with Crippen LogP contribution >= 0.6 is 11.6 Å². The second kappa shape index (κ2) is 9.03. The fourth-order valence-corrected chi connectivity index (χ4v) is 2.47. The summed E-state index contributed by atoms with van der Waals surface area (Å²) in [6.45, 7) is 2.97. The lowest BCUT2D eigenvalue weighted by molar-refractivity contribution is 0.311. The zero-order valence-corrected chi connectivity index (χ0v) is 14.8. The number of hydrogen-bond donors (Lipinski definition) is 1. The third-order valence-electron chi connectivity index (χ3n) is 3.31. The number of ether oxygens (including phenoxy) is 3. The Labute approximate surface area is 147 Å². The molecule has 5 nitrogen and oxygen atoms in total. The Morgan fingerprint density at radius 3 is 2.58 bits per heavy atom. The first-order valence-electron chi connectivity index (χ1n) is 7.57. The minimum atomic E-state index is 0.488. The molecule has 0 bridgehead atoms. The van der Waals surface area contributed by atoms with Gasteiger partial charge in [-0.3, -0.25) is 0 Å². The third-order valence-corrected chi connectivity index (χ3v) is 3.59. The van der Waals surface area contributed by atoms with Gasteiger partial charge in [-0.1, -0.05) is 29.8 Å². The van der Waals surface area contributed by atoms with Crippen molar-refractivity contribution >= 4 is 17.8 Å². The lowest BCUT2D eigenvalue weighted by Gasteiger charge is -2.11. The first-order chi connectivity index (χ1) is 11.7. The van der Waals surface area contributed by atoms with Crippen LogP contribution in [0.2, 0.25) is 5.02 Å². The highest BCUT2D eigenvalue weighted by Crippen LogP contribution is 2.35. The maximum absolute atomic E-state index is 6.24. The zero-order chi connectivity index (χ0) is 17.4. The Hall–Kier alpha value is -2.40. The number of nitrogens with one attached hydrogen (secondary N) is 1. The molecule has 0 aliphatic rings. The Bertz CT molecular complexity index is 705. The van der Waals surface area contributed by atoms with Gasteiger partial charge in [-0.15, -0.1) is 0 Å². The van der Waals surface area contributed by atoms with Crippen LogP contribution < -0.4 is 19.6 Å². The molecule has 0 fully saturated rings. The molecule has 2 aromatic carbocycles. The molecule has 0 atom stereocenters. The number of methoxy groups -OCH3 is 2. The molecule has 24 heavy (non-hydrogen) atoms. The summed E-state index contributed by atoms with van der Waals surface area (Å²) in [4.78, 5) is 0. The highest BCUT2D eigenvalue weighted by Gasteiger charge is 2.10. The van der Waals surface area contributed by atoms with Crippen molar-refractivity contribution in [1.29, 1.82) is 0 Å². The van der Waals surface area contributed by atoms with E-state index in [1.807, 2.05) is 37.3 Å². The summed E-state index contributed by atoms with van der Waals surface area (Å²) in [6, 6.07) is 11.4. The number of hydrazone groups is 1. The fourth-order valence-electron chi connectivity index (χ4n) is 2.20. The third kappa shape index (κ3) is 4.55. The second-order valence-electron chi connectivity index (χ2n) is 4.87. The minimum Gasteiger partial charge on any atom is -0.496 e. The number of hydrogen-bond acceptors (Lipinski definition) is 5. The first kappa shape index (κ1) is 17.9. The smallest absolute Gasteiger partial charge is 0.179 e. The second-order valence-corrected chi connectivity index (χ2v) is 5.28. The Balaban J connectivity index is 2.05. The summed E-state index contributed by atoms with van der Waals surface area (Å²) in [6.07, 6.45) is 1.68. The molecule has 0 aliphatic carbocycles. The van der Waals surface area contributed by atoms with Crippen LogP contribution in [-0.4, -0.2) is 27.0 Å². The van der Waals surface area contributed by atoms with E-state index >= 15 is 0 Å². The summed E-state index contributed by atoms with van der Waals surface area (Å²) in [7, 11) is 3.23. The van der Waals surface area contributed by atoms with E-state index in [-0.39, 0.29) is 0 Å². The summed E-state index contributed by atoms with van der Waals surface area (Å²) in [5.74, 6) is 1.95. The van der Waals surface area contributed by atoms with Crippen LogP contribution in [0.5, 0.6) is 17.2 Å². The van der Waals surface area contributed by atoms with Crippen LogP contribution in [0.4, 0.5) is 0 Å². The normalized spacial score (nSPS) is 10.7. The van der Waals surface area contributed by atoms with Crippen molar-refractivity contribution in [2.75, 3.05) is 20.8 Å². The van der Waals surface area contributed by atoms with Gasteiger partial charge < -0.3 is 19.6 Å². The minimum absolute atomic E-state index is 0.488. The Morgan fingerprint density at radius 2 is 1.88 bits per heavy atom. The largest absolute Gasteiger partial charge is 0.496 e. The zero-order valence-electron chi connectivity index (χ0n) is 14.0. The molecule has 0 unspecified atom stereocenters. The molecule has 0 amide bonds. The maximum atomic E-state index is 6.24. The molecule has 0 aromatic heterocycles. The van der Waals surface area contributed by atoms with Crippen molar-refractivity contribution in [2.45, 2.75) is 13.5 Å². The SMILES string of the molecule is CCOc1c(Cl)cc(/C=N/NCc2ccccc2OC)cc1OC. The molecule has 0 radical (unpaired) electrons. The van der Waals surface area contributed by atoms with E-state index in [1.165, 1.54) is 0 Å². The van der Waals surface area contributed by atoms with Crippen molar-refractivity contribution in [3.8, 4) is 17.2 Å². The van der Waals surface area contributed by atoms with E-state index in [4.69, 9.17) is 25.8 Å². The first-order valence-corrected chi connectivity index (χ1v) is 7.95.